The van der Waals surface area contributed by atoms with E-state index in [4.69, 9.17) is 9.47 Å². The Kier molecular flexibility index (Phi) is 6.55. The molecule has 2 N–H and O–H groups in total. The van der Waals surface area contributed by atoms with Crippen molar-refractivity contribution in [2.24, 2.45) is 0 Å². The monoisotopic (exact) mass is 316 g/mol. The zero-order valence-electron chi connectivity index (χ0n) is 13.3. The van der Waals surface area contributed by atoms with Gasteiger partial charge in [-0.25, -0.2) is 13.6 Å². The average molecular weight is 316 g/mol. The molecule has 0 heterocycles. The highest BCUT2D eigenvalue weighted by atomic mass is 19.1. The molecule has 5 nitrogen and oxygen atoms in total. The van der Waals surface area contributed by atoms with Gasteiger partial charge < -0.3 is 20.1 Å². The van der Waals surface area contributed by atoms with Gasteiger partial charge in [0.05, 0.1) is 6.61 Å². The van der Waals surface area contributed by atoms with E-state index in [0.29, 0.717) is 6.61 Å². The van der Waals surface area contributed by atoms with Gasteiger partial charge in [0.1, 0.15) is 17.1 Å². The van der Waals surface area contributed by atoms with E-state index in [2.05, 4.69) is 10.6 Å². The number of carbonyl (C=O) groups excluding carboxylic acids is 1. The predicted octanol–water partition coefficient (Wildman–Crippen LogP) is 3.05. The van der Waals surface area contributed by atoms with E-state index >= 15 is 0 Å². The van der Waals surface area contributed by atoms with Crippen LogP contribution < -0.4 is 10.6 Å². The number of hydrogen-bond acceptors (Lipinski definition) is 4. The molecule has 0 unspecified atom stereocenters. The molecule has 1 aromatic carbocycles. The minimum Gasteiger partial charge on any atom is -0.444 e. The maximum atomic E-state index is 14.2. The van der Waals surface area contributed by atoms with Crippen molar-refractivity contribution < 1.29 is 23.0 Å². The molecule has 7 heteroatoms. The molecular weight excluding hydrogens is 294 g/mol. The van der Waals surface area contributed by atoms with Gasteiger partial charge in [-0.05, 0) is 26.8 Å². The number of amides is 1. The highest BCUT2D eigenvalue weighted by Gasteiger charge is 2.17. The normalized spacial score (nSPS) is 11.2. The van der Waals surface area contributed by atoms with Crippen LogP contribution in [0.4, 0.5) is 19.3 Å². The molecule has 0 aromatic heterocycles. The highest BCUT2D eigenvalue weighted by molar-refractivity contribution is 5.67. The van der Waals surface area contributed by atoms with Crippen molar-refractivity contribution in [2.75, 3.05) is 25.6 Å². The van der Waals surface area contributed by atoms with Crippen LogP contribution in [0.1, 0.15) is 26.3 Å². The molecule has 0 saturated heterocycles. The molecule has 1 aromatic rings. The predicted molar refractivity (Wildman–Crippen MR) is 79.8 cm³/mol. The molecule has 0 aliphatic rings. The highest BCUT2D eigenvalue weighted by Crippen LogP contribution is 2.22. The lowest BCUT2D eigenvalue weighted by Crippen LogP contribution is -2.32. The first kappa shape index (κ1) is 18.2. The van der Waals surface area contributed by atoms with Crippen molar-refractivity contribution in [3.63, 3.8) is 0 Å². The number of ether oxygens (including phenoxy) is 2. The van der Waals surface area contributed by atoms with Gasteiger partial charge in [0, 0.05) is 25.8 Å². The van der Waals surface area contributed by atoms with Crippen molar-refractivity contribution in [2.45, 2.75) is 32.9 Å². The van der Waals surface area contributed by atoms with Gasteiger partial charge in [-0.1, -0.05) is 6.07 Å². The third-order valence-electron chi connectivity index (χ3n) is 2.60. The molecule has 0 radical (unpaired) electrons. The Morgan fingerprint density at radius 2 is 1.95 bits per heavy atom. The summed E-state index contributed by atoms with van der Waals surface area (Å²) in [6, 6.07) is 2.42. The molecule has 0 bridgehead atoms. The quantitative estimate of drug-likeness (QED) is 0.792. The molecule has 1 amide bonds. The summed E-state index contributed by atoms with van der Waals surface area (Å²) < 4.78 is 37.7. The number of methoxy groups -OCH3 is 1. The minimum atomic E-state index is -0.743. The van der Waals surface area contributed by atoms with Crippen LogP contribution >= 0.6 is 0 Å². The molecule has 0 atom stereocenters. The van der Waals surface area contributed by atoms with Gasteiger partial charge >= 0.3 is 6.09 Å². The van der Waals surface area contributed by atoms with E-state index in [1.165, 1.54) is 13.2 Å². The number of benzene rings is 1. The third kappa shape index (κ3) is 5.85. The second-order valence-corrected chi connectivity index (χ2v) is 5.67. The minimum absolute atomic E-state index is 0.0972. The van der Waals surface area contributed by atoms with E-state index in [1.807, 2.05) is 0 Å². The number of hydrogen-bond donors (Lipinski definition) is 2. The van der Waals surface area contributed by atoms with Crippen molar-refractivity contribution in [3.05, 3.63) is 29.3 Å². The lowest BCUT2D eigenvalue weighted by molar-refractivity contribution is 0.0523. The van der Waals surface area contributed by atoms with Crippen molar-refractivity contribution in [1.29, 1.82) is 0 Å². The number of alkyl carbamates (subject to hydrolysis) is 1. The SMILES string of the molecule is COCCNc1c(F)ccc(CNC(=O)OC(C)(C)C)c1F. The van der Waals surface area contributed by atoms with E-state index in [-0.39, 0.29) is 24.3 Å². The Morgan fingerprint density at radius 1 is 1.27 bits per heavy atom. The van der Waals surface area contributed by atoms with Crippen LogP contribution in [0.25, 0.3) is 0 Å². The fourth-order valence-electron chi connectivity index (χ4n) is 1.65. The molecule has 0 saturated carbocycles. The van der Waals surface area contributed by atoms with Crippen LogP contribution in [0.3, 0.4) is 0 Å². The average Bonchev–Trinajstić information content (AvgIpc) is 2.40. The molecule has 0 aliphatic heterocycles. The molecular formula is C15H22F2N2O3. The summed E-state index contributed by atoms with van der Waals surface area (Å²) in [6.07, 6.45) is -0.662. The van der Waals surface area contributed by atoms with Gasteiger partial charge in [0.25, 0.3) is 0 Å². The van der Waals surface area contributed by atoms with Crippen molar-refractivity contribution >= 4 is 11.8 Å². The molecule has 22 heavy (non-hydrogen) atoms. The van der Waals surface area contributed by atoms with Crippen LogP contribution in [0.5, 0.6) is 0 Å². The Hall–Kier alpha value is -1.89. The second kappa shape index (κ2) is 7.93. The smallest absolute Gasteiger partial charge is 0.407 e. The zero-order chi connectivity index (χ0) is 16.8. The maximum absolute atomic E-state index is 14.2. The molecule has 124 valence electrons. The van der Waals surface area contributed by atoms with E-state index in [1.54, 1.807) is 20.8 Å². The summed E-state index contributed by atoms with van der Waals surface area (Å²) in [7, 11) is 1.50. The summed E-state index contributed by atoms with van der Waals surface area (Å²) in [5, 5.41) is 5.06. The van der Waals surface area contributed by atoms with Gasteiger partial charge in [-0.15, -0.1) is 0 Å². The largest absolute Gasteiger partial charge is 0.444 e. The van der Waals surface area contributed by atoms with Gasteiger partial charge in [-0.3, -0.25) is 0 Å². The topological polar surface area (TPSA) is 59.6 Å². The van der Waals surface area contributed by atoms with Gasteiger partial charge in [0.15, 0.2) is 5.82 Å². The number of carbonyl (C=O) groups is 1. The standard InChI is InChI=1S/C15H22F2N2O3/c1-15(2,3)22-14(20)19-9-10-5-6-11(16)13(12(10)17)18-7-8-21-4/h5-6,18H,7-9H2,1-4H3,(H,19,20). The van der Waals surface area contributed by atoms with Crippen LogP contribution in [-0.2, 0) is 16.0 Å². The van der Waals surface area contributed by atoms with E-state index < -0.39 is 23.3 Å². The number of nitrogens with one attached hydrogen (secondary N) is 2. The van der Waals surface area contributed by atoms with E-state index in [9.17, 15) is 13.6 Å². The van der Waals surface area contributed by atoms with Crippen LogP contribution in [0, 0.1) is 11.6 Å². The molecule has 1 rings (SSSR count). The second-order valence-electron chi connectivity index (χ2n) is 5.67. The summed E-state index contributed by atoms with van der Waals surface area (Å²) in [5.74, 6) is -1.44. The third-order valence-corrected chi connectivity index (χ3v) is 2.60. The van der Waals surface area contributed by atoms with Gasteiger partial charge in [0.2, 0.25) is 0 Å². The Bertz CT molecular complexity index is 516. The summed E-state index contributed by atoms with van der Waals surface area (Å²) in [4.78, 5) is 11.5. The first-order chi connectivity index (χ1) is 10.2. The van der Waals surface area contributed by atoms with Crippen LogP contribution in [-0.4, -0.2) is 32.0 Å². The molecule has 0 fully saturated rings. The van der Waals surface area contributed by atoms with Crippen LogP contribution in [0.15, 0.2) is 12.1 Å². The molecule has 0 aliphatic carbocycles. The number of anilines is 1. The fourth-order valence-corrected chi connectivity index (χ4v) is 1.65. The van der Waals surface area contributed by atoms with Gasteiger partial charge in [-0.2, -0.15) is 0 Å². The lowest BCUT2D eigenvalue weighted by Gasteiger charge is -2.20. The van der Waals surface area contributed by atoms with Crippen molar-refractivity contribution in [1.82, 2.24) is 5.32 Å². The maximum Gasteiger partial charge on any atom is 0.407 e. The summed E-state index contributed by atoms with van der Waals surface area (Å²) in [5.41, 5.74) is -0.717. The van der Waals surface area contributed by atoms with Crippen molar-refractivity contribution in [3.8, 4) is 0 Å². The Labute approximate surface area is 129 Å². The fraction of sp³-hybridized carbons (Fsp3) is 0.533. The molecule has 0 spiro atoms. The summed E-state index contributed by atoms with van der Waals surface area (Å²) in [6.45, 7) is 5.67. The first-order valence-corrected chi connectivity index (χ1v) is 6.91. The number of rotatable bonds is 6. The Morgan fingerprint density at radius 3 is 2.55 bits per heavy atom. The number of halogens is 2. The Balaban J connectivity index is 2.71. The first-order valence-electron chi connectivity index (χ1n) is 6.91. The lowest BCUT2D eigenvalue weighted by atomic mass is 10.1. The van der Waals surface area contributed by atoms with Crippen LogP contribution in [0.2, 0.25) is 0 Å². The summed E-state index contributed by atoms with van der Waals surface area (Å²) >= 11 is 0. The zero-order valence-corrected chi connectivity index (χ0v) is 13.3. The van der Waals surface area contributed by atoms with E-state index in [0.717, 1.165) is 6.07 Å².